The van der Waals surface area contributed by atoms with Gasteiger partial charge in [-0.25, -0.2) is 0 Å². The molecule has 1 aromatic heterocycles. The molecule has 2 aromatic carbocycles. The first kappa shape index (κ1) is 23.9. The first-order valence-corrected chi connectivity index (χ1v) is 9.75. The number of alkyl halides is 6. The highest BCUT2D eigenvalue weighted by Gasteiger charge is 2.47. The van der Waals surface area contributed by atoms with E-state index < -0.39 is 36.0 Å². The number of carbonyl (C=O) groups is 1. The molecular formula is C22H21F6NO3. The van der Waals surface area contributed by atoms with Gasteiger partial charge in [0.25, 0.3) is 0 Å². The van der Waals surface area contributed by atoms with Crippen LogP contribution < -0.4 is 0 Å². The summed E-state index contributed by atoms with van der Waals surface area (Å²) in [7, 11) is 1.10. The smallest absolute Gasteiger partial charge is 0.416 e. The van der Waals surface area contributed by atoms with Crippen molar-refractivity contribution in [2.24, 2.45) is 5.92 Å². The number of rotatable bonds is 6. The maximum atomic E-state index is 14.0. The van der Waals surface area contributed by atoms with Gasteiger partial charge in [0.05, 0.1) is 5.56 Å². The van der Waals surface area contributed by atoms with Crippen molar-refractivity contribution in [2.45, 2.75) is 44.7 Å². The van der Waals surface area contributed by atoms with Crippen LogP contribution in [0.5, 0.6) is 0 Å². The highest BCUT2D eigenvalue weighted by molar-refractivity contribution is 6.05. The largest absolute Gasteiger partial charge is 0.480 e. The highest BCUT2D eigenvalue weighted by atomic mass is 19.4. The van der Waals surface area contributed by atoms with Crippen molar-refractivity contribution in [1.29, 1.82) is 0 Å². The van der Waals surface area contributed by atoms with Gasteiger partial charge < -0.3 is 9.52 Å². The molecule has 0 radical (unpaired) electrons. The topological polar surface area (TPSA) is 53.7 Å². The number of halogens is 6. The predicted molar refractivity (Wildman–Crippen MR) is 106 cm³/mol. The van der Waals surface area contributed by atoms with Gasteiger partial charge in [-0.2, -0.15) is 26.3 Å². The van der Waals surface area contributed by atoms with E-state index in [2.05, 4.69) is 0 Å². The second kappa shape index (κ2) is 8.31. The molecule has 4 nitrogen and oxygen atoms in total. The van der Waals surface area contributed by atoms with Crippen LogP contribution in [0, 0.1) is 5.92 Å². The number of benzene rings is 2. The van der Waals surface area contributed by atoms with Crippen molar-refractivity contribution < 1.29 is 40.7 Å². The zero-order valence-corrected chi connectivity index (χ0v) is 17.4. The lowest BCUT2D eigenvalue weighted by molar-refractivity contribution is -0.192. The first-order chi connectivity index (χ1) is 14.7. The second-order valence-corrected chi connectivity index (χ2v) is 8.16. The number of carboxylic acid groups (broad SMARTS) is 1. The summed E-state index contributed by atoms with van der Waals surface area (Å²) in [5, 5.41) is 9.85. The predicted octanol–water partition coefficient (Wildman–Crippen LogP) is 6.64. The summed E-state index contributed by atoms with van der Waals surface area (Å²) in [5.41, 5.74) is -1.08. The van der Waals surface area contributed by atoms with Gasteiger partial charge in [-0.15, -0.1) is 0 Å². The maximum Gasteiger partial charge on any atom is 0.416 e. The Hall–Kier alpha value is -2.75. The molecule has 0 amide bonds. The number of hydrogen-bond donors (Lipinski definition) is 1. The third-order valence-corrected chi connectivity index (χ3v) is 5.33. The molecule has 1 heterocycles. The van der Waals surface area contributed by atoms with E-state index in [1.807, 2.05) is 0 Å². The fourth-order valence-electron chi connectivity index (χ4n) is 3.86. The molecule has 0 saturated heterocycles. The molecule has 1 N–H and O–H groups in total. The fourth-order valence-corrected chi connectivity index (χ4v) is 3.86. The molecular weight excluding hydrogens is 440 g/mol. The molecule has 1 unspecified atom stereocenters. The molecule has 3 aromatic rings. The van der Waals surface area contributed by atoms with Crippen LogP contribution in [0.1, 0.15) is 37.4 Å². The Balaban J connectivity index is 2.11. The molecule has 0 fully saturated rings. The van der Waals surface area contributed by atoms with Crippen molar-refractivity contribution in [3.63, 3.8) is 0 Å². The number of likely N-dealkylation sites (N-methyl/N-ethyl adjacent to an activating group) is 1. The zero-order valence-electron chi connectivity index (χ0n) is 17.4. The minimum absolute atomic E-state index is 0.00547. The average molecular weight is 461 g/mol. The standard InChI is InChI=1S/C22H21F6NO3/c1-11(2)8-16(20(30)31)29(3)19(22(26,27)28)12-4-6-14-15-10-13(21(23,24)25)5-7-17(15)32-18(14)9-12/h4-7,9-11,16,19H,8H2,1-3H3,(H,30,31)/t16-,19?/m0/s1. The lowest BCUT2D eigenvalue weighted by Gasteiger charge is -2.35. The van der Waals surface area contributed by atoms with Gasteiger partial charge in [-0.3, -0.25) is 9.69 Å². The Labute approximate surface area is 179 Å². The van der Waals surface area contributed by atoms with Gasteiger partial charge in [0, 0.05) is 10.8 Å². The molecule has 10 heteroatoms. The summed E-state index contributed by atoms with van der Waals surface area (Å²) < 4.78 is 86.7. The van der Waals surface area contributed by atoms with Crippen LogP contribution in [-0.2, 0) is 11.0 Å². The Morgan fingerprint density at radius 2 is 1.66 bits per heavy atom. The Morgan fingerprint density at radius 1 is 1.00 bits per heavy atom. The number of fused-ring (bicyclic) bond motifs is 3. The van der Waals surface area contributed by atoms with Gasteiger partial charge in [0.2, 0.25) is 0 Å². The third-order valence-electron chi connectivity index (χ3n) is 5.33. The Kier molecular flexibility index (Phi) is 6.21. The average Bonchev–Trinajstić information content (AvgIpc) is 3.00. The van der Waals surface area contributed by atoms with Crippen LogP contribution in [0.3, 0.4) is 0 Å². The summed E-state index contributed by atoms with van der Waals surface area (Å²) in [5.74, 6) is -1.53. The molecule has 0 spiro atoms. The van der Waals surface area contributed by atoms with E-state index in [9.17, 15) is 36.2 Å². The number of aliphatic carboxylic acids is 1. The number of furan rings is 1. The fraction of sp³-hybridized carbons (Fsp3) is 0.409. The summed E-state index contributed by atoms with van der Waals surface area (Å²) in [6, 6.07) is 2.72. The van der Waals surface area contributed by atoms with Crippen molar-refractivity contribution in [3.8, 4) is 0 Å². The van der Waals surface area contributed by atoms with Gasteiger partial charge >= 0.3 is 18.3 Å². The summed E-state index contributed by atoms with van der Waals surface area (Å²) in [6.07, 6.45) is -9.38. The van der Waals surface area contributed by atoms with E-state index >= 15 is 0 Å². The zero-order chi connectivity index (χ0) is 24.0. The molecule has 0 aliphatic rings. The number of nitrogens with zero attached hydrogens (tertiary/aromatic N) is 1. The van der Waals surface area contributed by atoms with E-state index in [0.29, 0.717) is 0 Å². The SMILES string of the molecule is CC(C)C[C@@H](C(=O)O)N(C)C(c1ccc2c(c1)oc1ccc(C(F)(F)F)cc12)C(F)(F)F. The molecule has 3 rings (SSSR count). The Bertz CT molecular complexity index is 1130. The quantitative estimate of drug-likeness (QED) is 0.418. The van der Waals surface area contributed by atoms with Crippen molar-refractivity contribution in [2.75, 3.05) is 7.05 Å². The minimum Gasteiger partial charge on any atom is -0.480 e. The highest BCUT2D eigenvalue weighted by Crippen LogP contribution is 2.41. The van der Waals surface area contributed by atoms with E-state index in [0.717, 1.165) is 42.3 Å². The summed E-state index contributed by atoms with van der Waals surface area (Å²) in [4.78, 5) is 12.4. The van der Waals surface area contributed by atoms with Gasteiger partial charge in [0.15, 0.2) is 0 Å². The van der Waals surface area contributed by atoms with E-state index in [-0.39, 0.29) is 39.8 Å². The van der Waals surface area contributed by atoms with Gasteiger partial charge in [-0.05, 0) is 49.2 Å². The molecule has 32 heavy (non-hydrogen) atoms. The third kappa shape index (κ3) is 4.69. The minimum atomic E-state index is -4.80. The lowest BCUT2D eigenvalue weighted by atomic mass is 9.97. The van der Waals surface area contributed by atoms with Crippen LogP contribution in [0.25, 0.3) is 21.9 Å². The van der Waals surface area contributed by atoms with E-state index in [1.54, 1.807) is 13.8 Å². The molecule has 2 atom stereocenters. The van der Waals surface area contributed by atoms with E-state index in [1.165, 1.54) is 6.07 Å². The molecule has 0 saturated carbocycles. The van der Waals surface area contributed by atoms with Gasteiger partial charge in [0.1, 0.15) is 23.2 Å². The van der Waals surface area contributed by atoms with E-state index in [4.69, 9.17) is 4.42 Å². The molecule has 0 aliphatic heterocycles. The molecule has 0 bridgehead atoms. The summed E-state index contributed by atoms with van der Waals surface area (Å²) >= 11 is 0. The molecule has 174 valence electrons. The number of hydrogen-bond acceptors (Lipinski definition) is 3. The van der Waals surface area contributed by atoms with Crippen molar-refractivity contribution in [1.82, 2.24) is 4.90 Å². The first-order valence-electron chi connectivity index (χ1n) is 9.75. The maximum absolute atomic E-state index is 14.0. The second-order valence-electron chi connectivity index (χ2n) is 8.16. The lowest BCUT2D eigenvalue weighted by Crippen LogP contribution is -2.46. The Morgan fingerprint density at radius 3 is 2.19 bits per heavy atom. The monoisotopic (exact) mass is 461 g/mol. The van der Waals surface area contributed by atoms with Crippen LogP contribution >= 0.6 is 0 Å². The van der Waals surface area contributed by atoms with Crippen LogP contribution in [0.2, 0.25) is 0 Å². The van der Waals surface area contributed by atoms with Crippen LogP contribution in [0.4, 0.5) is 26.3 Å². The normalized spacial score (nSPS) is 15.1. The van der Waals surface area contributed by atoms with Gasteiger partial charge in [-0.1, -0.05) is 26.0 Å². The number of carboxylic acids is 1. The van der Waals surface area contributed by atoms with Crippen LogP contribution in [-0.4, -0.2) is 35.2 Å². The van der Waals surface area contributed by atoms with Crippen molar-refractivity contribution in [3.05, 3.63) is 47.5 Å². The molecule has 0 aliphatic carbocycles. The van der Waals surface area contributed by atoms with Crippen molar-refractivity contribution >= 4 is 27.9 Å². The summed E-state index contributed by atoms with van der Waals surface area (Å²) in [6.45, 7) is 3.42. The van der Waals surface area contributed by atoms with Crippen LogP contribution in [0.15, 0.2) is 40.8 Å².